The second kappa shape index (κ2) is 10.9. The number of fused-ring (bicyclic) bond motifs is 3. The minimum Gasteiger partial charge on any atom is -0.384 e. The van der Waals surface area contributed by atoms with Gasteiger partial charge in [-0.3, -0.25) is 18.0 Å². The van der Waals surface area contributed by atoms with Gasteiger partial charge in [0, 0.05) is 29.6 Å². The predicted octanol–water partition coefficient (Wildman–Crippen LogP) is 3.23. The highest BCUT2D eigenvalue weighted by Crippen LogP contribution is 2.45. The number of hydrogen-bond donors (Lipinski definition) is 2. The molecule has 37 heavy (non-hydrogen) atoms. The smallest absolute Gasteiger partial charge is 0.264 e. The molecule has 2 N–H and O–H groups in total. The van der Waals surface area contributed by atoms with E-state index in [-0.39, 0.29) is 35.9 Å². The zero-order valence-electron chi connectivity index (χ0n) is 20.2. The molecule has 1 heterocycles. The largest absolute Gasteiger partial charge is 0.384 e. The number of carbonyl (C=O) groups excluding carboxylic acids is 2. The summed E-state index contributed by atoms with van der Waals surface area (Å²) in [6.07, 6.45) is 2.67. The molecule has 0 fully saturated rings. The fraction of sp³-hybridized carbons (Fsp3) is 0.333. The first-order valence-corrected chi connectivity index (χ1v) is 15.9. The molecule has 1 aromatic heterocycles. The van der Waals surface area contributed by atoms with Crippen molar-refractivity contribution in [1.82, 2.24) is 0 Å². The van der Waals surface area contributed by atoms with Gasteiger partial charge in [-0.15, -0.1) is 11.3 Å². The highest BCUT2D eigenvalue weighted by atomic mass is 32.2. The van der Waals surface area contributed by atoms with Gasteiger partial charge in [0.2, 0.25) is 0 Å². The Labute approximate surface area is 219 Å². The Kier molecular flexibility index (Phi) is 7.99. The van der Waals surface area contributed by atoms with Crippen molar-refractivity contribution in [2.75, 3.05) is 49.4 Å². The normalized spacial score (nSPS) is 13.5. The van der Waals surface area contributed by atoms with Crippen LogP contribution in [0.3, 0.4) is 0 Å². The number of thiophene rings is 1. The molecule has 1 aliphatic rings. The van der Waals surface area contributed by atoms with E-state index in [4.69, 9.17) is 8.37 Å². The van der Waals surface area contributed by atoms with Crippen LogP contribution in [0.2, 0.25) is 0 Å². The summed E-state index contributed by atoms with van der Waals surface area (Å²) >= 11 is 1.40. The Morgan fingerprint density at radius 2 is 1.24 bits per heavy atom. The molecule has 0 bridgehead atoms. The van der Waals surface area contributed by atoms with E-state index in [9.17, 15) is 26.4 Å². The van der Waals surface area contributed by atoms with Crippen molar-refractivity contribution >= 4 is 64.6 Å². The van der Waals surface area contributed by atoms with Gasteiger partial charge in [0.05, 0.1) is 52.9 Å². The second-order valence-electron chi connectivity index (χ2n) is 8.48. The van der Waals surface area contributed by atoms with Crippen LogP contribution in [0.1, 0.15) is 44.7 Å². The molecule has 0 spiro atoms. The molecular formula is C24H26N2O8S3. The summed E-state index contributed by atoms with van der Waals surface area (Å²) in [4.78, 5) is 27.4. The topological polar surface area (TPSA) is 145 Å². The van der Waals surface area contributed by atoms with Crippen molar-refractivity contribution in [3.8, 4) is 0 Å². The lowest BCUT2D eigenvalue weighted by Gasteiger charge is -2.25. The summed E-state index contributed by atoms with van der Waals surface area (Å²) in [5, 5.41) is 9.07. The summed E-state index contributed by atoms with van der Waals surface area (Å²) in [6.45, 7) is 0.581. The van der Waals surface area contributed by atoms with Crippen molar-refractivity contribution in [2.45, 2.75) is 12.8 Å². The maximum Gasteiger partial charge on any atom is 0.264 e. The molecule has 0 aliphatic heterocycles. The van der Waals surface area contributed by atoms with E-state index in [1.165, 1.54) is 11.3 Å². The second-order valence-corrected chi connectivity index (χ2v) is 12.7. The molecule has 0 atom stereocenters. The number of ketones is 2. The van der Waals surface area contributed by atoms with Crippen LogP contribution in [0, 0.1) is 0 Å². The summed E-state index contributed by atoms with van der Waals surface area (Å²) in [5.74, 6) is -0.588. The minimum absolute atomic E-state index is 0.0213. The van der Waals surface area contributed by atoms with E-state index in [0.29, 0.717) is 48.4 Å². The Morgan fingerprint density at radius 1 is 0.757 bits per heavy atom. The Morgan fingerprint density at radius 3 is 1.76 bits per heavy atom. The lowest BCUT2D eigenvalue weighted by atomic mass is 9.81. The van der Waals surface area contributed by atoms with Gasteiger partial charge < -0.3 is 10.6 Å². The van der Waals surface area contributed by atoms with Crippen LogP contribution in [0.15, 0.2) is 35.7 Å². The van der Waals surface area contributed by atoms with Crippen molar-refractivity contribution in [3.63, 3.8) is 0 Å². The van der Waals surface area contributed by atoms with Crippen molar-refractivity contribution in [3.05, 3.63) is 58.0 Å². The molecule has 2 aromatic carbocycles. The maximum absolute atomic E-state index is 13.7. The van der Waals surface area contributed by atoms with Crippen molar-refractivity contribution in [1.29, 1.82) is 0 Å². The third-order valence-electron chi connectivity index (χ3n) is 5.62. The van der Waals surface area contributed by atoms with Crippen LogP contribution in [0.4, 0.5) is 11.4 Å². The van der Waals surface area contributed by atoms with Crippen LogP contribution in [0.5, 0.6) is 0 Å². The van der Waals surface area contributed by atoms with Gasteiger partial charge in [-0.05, 0) is 24.3 Å². The van der Waals surface area contributed by atoms with E-state index in [0.717, 1.165) is 22.6 Å². The maximum atomic E-state index is 13.7. The first-order chi connectivity index (χ1) is 17.5. The van der Waals surface area contributed by atoms with Crippen LogP contribution < -0.4 is 10.6 Å². The number of benzene rings is 2. The van der Waals surface area contributed by atoms with Crippen LogP contribution >= 0.6 is 11.3 Å². The monoisotopic (exact) mass is 566 g/mol. The average Bonchev–Trinajstić information content (AvgIpc) is 3.31. The Hall–Kier alpha value is -2.84. The number of carbonyl (C=O) groups is 2. The summed E-state index contributed by atoms with van der Waals surface area (Å²) in [7, 11) is -7.12. The van der Waals surface area contributed by atoms with Gasteiger partial charge in [-0.1, -0.05) is 24.3 Å². The molecule has 0 radical (unpaired) electrons. The quantitative estimate of drug-likeness (QED) is 0.149. The lowest BCUT2D eigenvalue weighted by Crippen LogP contribution is -2.25. The molecule has 0 unspecified atom stereocenters. The van der Waals surface area contributed by atoms with Gasteiger partial charge in [0.1, 0.15) is 0 Å². The fourth-order valence-corrected chi connectivity index (χ4v) is 5.92. The molecule has 0 saturated heterocycles. The zero-order chi connectivity index (χ0) is 26.8. The number of anilines is 2. The molecule has 1 aliphatic carbocycles. The van der Waals surface area contributed by atoms with Crippen LogP contribution in [0.25, 0.3) is 10.1 Å². The highest BCUT2D eigenvalue weighted by molar-refractivity contribution is 7.86. The van der Waals surface area contributed by atoms with Gasteiger partial charge >= 0.3 is 0 Å². The predicted molar refractivity (Wildman–Crippen MR) is 143 cm³/mol. The first kappa shape index (κ1) is 27.2. The molecule has 198 valence electrons. The third kappa shape index (κ3) is 6.18. The third-order valence-corrected chi connectivity index (χ3v) is 7.74. The molecule has 4 rings (SSSR count). The number of hydrogen-bond acceptors (Lipinski definition) is 11. The van der Waals surface area contributed by atoms with E-state index >= 15 is 0 Å². The zero-order valence-corrected chi connectivity index (χ0v) is 22.6. The summed E-state index contributed by atoms with van der Waals surface area (Å²) in [6, 6.07) is 8.50. The SMILES string of the molecule is CS(=O)(=O)OCCCNc1c2c(c(NCCCOS(C)(=O)=O)c3sccc13)C(=O)c1ccccc1C2=O. The van der Waals surface area contributed by atoms with E-state index in [1.807, 2.05) is 11.4 Å². The standard InChI is InChI=1S/C24H26N2O8S3/c1-36(29,30)33-12-5-10-25-20-17-9-14-35-24(17)21(26-11-6-13-34-37(2,31)32)19-18(20)22(27)15-7-3-4-8-16(15)23(19)28/h3-4,7-9,14,25-26H,5-6,10-13H2,1-2H3. The fourth-order valence-electron chi connectivity index (χ4n) is 4.14. The molecule has 10 nitrogen and oxygen atoms in total. The van der Waals surface area contributed by atoms with Crippen LogP contribution in [-0.2, 0) is 28.6 Å². The summed E-state index contributed by atoms with van der Waals surface area (Å²) in [5.41, 5.74) is 2.13. The van der Waals surface area contributed by atoms with Gasteiger partial charge in [0.15, 0.2) is 11.6 Å². The number of nitrogens with one attached hydrogen (secondary N) is 2. The molecule has 13 heteroatoms. The molecule has 3 aromatic rings. The summed E-state index contributed by atoms with van der Waals surface area (Å²) < 4.78 is 55.3. The first-order valence-electron chi connectivity index (χ1n) is 11.4. The van der Waals surface area contributed by atoms with Crippen molar-refractivity contribution < 1.29 is 34.8 Å². The van der Waals surface area contributed by atoms with Crippen molar-refractivity contribution in [2.24, 2.45) is 0 Å². The molecule has 0 amide bonds. The lowest BCUT2D eigenvalue weighted by molar-refractivity contribution is 0.0980. The van der Waals surface area contributed by atoms with E-state index in [1.54, 1.807) is 24.3 Å². The molecule has 0 saturated carbocycles. The van der Waals surface area contributed by atoms with E-state index in [2.05, 4.69) is 10.6 Å². The number of rotatable bonds is 12. The minimum atomic E-state index is -3.56. The van der Waals surface area contributed by atoms with Gasteiger partial charge in [0.25, 0.3) is 20.2 Å². The highest BCUT2D eigenvalue weighted by Gasteiger charge is 2.36. The van der Waals surface area contributed by atoms with E-state index < -0.39 is 20.2 Å². The van der Waals surface area contributed by atoms with Gasteiger partial charge in [-0.2, -0.15) is 16.8 Å². The van der Waals surface area contributed by atoms with Gasteiger partial charge in [-0.25, -0.2) is 0 Å². The Balaban J connectivity index is 1.71. The average molecular weight is 567 g/mol. The Bertz CT molecular complexity index is 1460. The molecular weight excluding hydrogens is 540 g/mol. The van der Waals surface area contributed by atoms with Crippen LogP contribution in [-0.4, -0.2) is 67.2 Å².